The van der Waals surface area contributed by atoms with Gasteiger partial charge in [-0.1, -0.05) is 24.3 Å². The van der Waals surface area contributed by atoms with Crippen LogP contribution >= 0.6 is 0 Å². The van der Waals surface area contributed by atoms with Crippen molar-refractivity contribution in [1.82, 2.24) is 0 Å². The normalized spacial score (nSPS) is 11.0. The zero-order valence-corrected chi connectivity index (χ0v) is 13.2. The zero-order valence-electron chi connectivity index (χ0n) is 12.4. The first-order chi connectivity index (χ1) is 10.8. The van der Waals surface area contributed by atoms with E-state index >= 15 is 0 Å². The summed E-state index contributed by atoms with van der Waals surface area (Å²) in [6.45, 7) is 5.11. The summed E-state index contributed by atoms with van der Waals surface area (Å²) in [5.41, 5.74) is 0.763. The molecule has 0 fully saturated rings. The van der Waals surface area contributed by atoms with Crippen LogP contribution in [0.15, 0.2) is 60.0 Å². The highest BCUT2D eigenvalue weighted by Gasteiger charge is 2.22. The number of allylic oxidation sites excluding steroid dienone is 1. The highest BCUT2D eigenvalue weighted by molar-refractivity contribution is 7.87. The highest BCUT2D eigenvalue weighted by atomic mass is 32.2. The first kappa shape index (κ1) is 16.7. The first-order valence-corrected chi connectivity index (χ1v) is 8.14. The number of benzene rings is 2. The van der Waals surface area contributed by atoms with Crippen LogP contribution in [0.1, 0.15) is 11.1 Å². The van der Waals surface area contributed by atoms with Crippen molar-refractivity contribution in [2.75, 3.05) is 0 Å². The number of hydrogen-bond donors (Lipinski definition) is 0. The molecule has 0 heterocycles. The summed E-state index contributed by atoms with van der Waals surface area (Å²) in [6, 6.07) is 10.3. The molecule has 2 aromatic rings. The van der Waals surface area contributed by atoms with Crippen LogP contribution in [0.5, 0.6) is 5.75 Å². The molecule has 0 aromatic heterocycles. The Morgan fingerprint density at radius 1 is 1.26 bits per heavy atom. The van der Waals surface area contributed by atoms with Crippen LogP contribution in [0.2, 0.25) is 0 Å². The molecule has 120 valence electrons. The van der Waals surface area contributed by atoms with Crippen LogP contribution in [0.4, 0.5) is 5.69 Å². The molecule has 0 spiro atoms. The molecule has 0 aliphatic rings. The summed E-state index contributed by atoms with van der Waals surface area (Å²) < 4.78 is 30.1. The molecule has 0 saturated carbocycles. The molecule has 0 amide bonds. The van der Waals surface area contributed by atoms with E-state index in [4.69, 9.17) is 4.18 Å². The molecule has 23 heavy (non-hydrogen) atoms. The SMILES string of the molecule is C=CCc1ccccc1OS(=O)(=O)c1ccc([N+](=O)[O-])cc1C. The van der Waals surface area contributed by atoms with Crippen LogP contribution in [-0.2, 0) is 16.5 Å². The van der Waals surface area contributed by atoms with Gasteiger partial charge in [-0.15, -0.1) is 6.58 Å². The van der Waals surface area contributed by atoms with Crippen molar-refractivity contribution in [3.63, 3.8) is 0 Å². The fourth-order valence-electron chi connectivity index (χ4n) is 2.10. The first-order valence-electron chi connectivity index (χ1n) is 6.73. The van der Waals surface area contributed by atoms with Gasteiger partial charge in [0.1, 0.15) is 10.6 Å². The van der Waals surface area contributed by atoms with Gasteiger partial charge in [0.05, 0.1) is 4.92 Å². The average molecular weight is 333 g/mol. The lowest BCUT2D eigenvalue weighted by molar-refractivity contribution is -0.385. The lowest BCUT2D eigenvalue weighted by atomic mass is 10.1. The quantitative estimate of drug-likeness (QED) is 0.350. The van der Waals surface area contributed by atoms with Gasteiger partial charge in [0.2, 0.25) is 0 Å². The fourth-order valence-corrected chi connectivity index (χ4v) is 3.28. The number of rotatable bonds is 6. The van der Waals surface area contributed by atoms with E-state index in [2.05, 4.69) is 6.58 Å². The van der Waals surface area contributed by atoms with Crippen LogP contribution in [0.3, 0.4) is 0 Å². The Morgan fingerprint density at radius 2 is 1.96 bits per heavy atom. The summed E-state index contributed by atoms with van der Waals surface area (Å²) in [5, 5.41) is 10.7. The largest absolute Gasteiger partial charge is 0.379 e. The Kier molecular flexibility index (Phi) is 4.80. The lowest BCUT2D eigenvalue weighted by Gasteiger charge is -2.12. The van der Waals surface area contributed by atoms with Crippen molar-refractivity contribution < 1.29 is 17.5 Å². The number of nitro benzene ring substituents is 1. The van der Waals surface area contributed by atoms with E-state index in [0.29, 0.717) is 12.0 Å². The summed E-state index contributed by atoms with van der Waals surface area (Å²) in [5.74, 6) is 0.213. The maximum atomic E-state index is 12.4. The predicted octanol–water partition coefficient (Wildman–Crippen LogP) is 3.40. The molecule has 0 unspecified atom stereocenters. The van der Waals surface area contributed by atoms with Crippen molar-refractivity contribution in [3.05, 3.63) is 76.4 Å². The molecular weight excluding hydrogens is 318 g/mol. The van der Waals surface area contributed by atoms with Gasteiger partial charge in [0.25, 0.3) is 5.69 Å². The lowest BCUT2D eigenvalue weighted by Crippen LogP contribution is -2.12. The van der Waals surface area contributed by atoms with Crippen LogP contribution in [0, 0.1) is 17.0 Å². The zero-order chi connectivity index (χ0) is 17.0. The number of nitrogens with zero attached hydrogens (tertiary/aromatic N) is 1. The fraction of sp³-hybridized carbons (Fsp3) is 0.125. The predicted molar refractivity (Wildman–Crippen MR) is 86.0 cm³/mol. The van der Waals surface area contributed by atoms with Gasteiger partial charge in [0, 0.05) is 12.1 Å². The Hall–Kier alpha value is -2.67. The Bertz CT molecular complexity index is 859. The number of hydrogen-bond acceptors (Lipinski definition) is 5. The molecule has 0 bridgehead atoms. The van der Waals surface area contributed by atoms with Crippen LogP contribution < -0.4 is 4.18 Å². The van der Waals surface area contributed by atoms with E-state index in [1.807, 2.05) is 0 Å². The molecule has 2 rings (SSSR count). The van der Waals surface area contributed by atoms with Gasteiger partial charge in [0.15, 0.2) is 0 Å². The van der Waals surface area contributed by atoms with Crippen LogP contribution in [-0.4, -0.2) is 13.3 Å². The molecular formula is C16H15NO5S. The van der Waals surface area contributed by atoms with E-state index in [0.717, 1.165) is 6.07 Å². The third-order valence-corrected chi connectivity index (χ3v) is 4.57. The van der Waals surface area contributed by atoms with Crippen LogP contribution in [0.25, 0.3) is 0 Å². The second kappa shape index (κ2) is 6.62. The molecule has 0 saturated heterocycles. The summed E-state index contributed by atoms with van der Waals surface area (Å²) in [7, 11) is -4.08. The number of aryl methyl sites for hydroxylation is 1. The maximum Gasteiger partial charge on any atom is 0.339 e. The molecule has 0 N–H and O–H groups in total. The van der Waals surface area contributed by atoms with E-state index in [9.17, 15) is 18.5 Å². The van der Waals surface area contributed by atoms with Gasteiger partial charge in [-0.25, -0.2) is 0 Å². The minimum Gasteiger partial charge on any atom is -0.379 e. The van der Waals surface area contributed by atoms with Crippen molar-refractivity contribution in [3.8, 4) is 5.75 Å². The second-order valence-corrected chi connectivity index (χ2v) is 6.36. The Labute approximate surface area is 134 Å². The maximum absolute atomic E-state index is 12.4. The summed E-state index contributed by atoms with van der Waals surface area (Å²) in [6.07, 6.45) is 2.11. The molecule has 7 heteroatoms. The Balaban J connectivity index is 2.40. The standard InChI is InChI=1S/C16H15NO5S/c1-3-6-13-7-4-5-8-15(13)22-23(20,21)16-10-9-14(17(18)19)11-12(16)2/h3-5,7-11H,1,6H2,2H3. The van der Waals surface area contributed by atoms with Gasteiger partial charge >= 0.3 is 10.1 Å². The van der Waals surface area contributed by atoms with Gasteiger partial charge in [-0.2, -0.15) is 8.42 Å². The van der Waals surface area contributed by atoms with Gasteiger partial charge in [-0.05, 0) is 36.6 Å². The average Bonchev–Trinajstić information content (AvgIpc) is 2.48. The molecule has 0 aliphatic heterocycles. The molecule has 0 radical (unpaired) electrons. The number of para-hydroxylation sites is 1. The molecule has 2 aromatic carbocycles. The van der Waals surface area contributed by atoms with Crippen molar-refractivity contribution in [1.29, 1.82) is 0 Å². The van der Waals surface area contributed by atoms with Gasteiger partial charge < -0.3 is 4.18 Å². The van der Waals surface area contributed by atoms with E-state index in [1.54, 1.807) is 30.3 Å². The molecule has 0 atom stereocenters. The molecule has 6 nitrogen and oxygen atoms in total. The van der Waals surface area contributed by atoms with Crippen molar-refractivity contribution in [2.24, 2.45) is 0 Å². The van der Waals surface area contributed by atoms with E-state index in [1.165, 1.54) is 19.1 Å². The highest BCUT2D eigenvalue weighted by Crippen LogP contribution is 2.27. The smallest absolute Gasteiger partial charge is 0.339 e. The summed E-state index contributed by atoms with van der Waals surface area (Å²) >= 11 is 0. The number of nitro groups is 1. The number of non-ortho nitro benzene ring substituents is 1. The van der Waals surface area contributed by atoms with E-state index < -0.39 is 15.0 Å². The third kappa shape index (κ3) is 3.75. The second-order valence-electron chi connectivity index (χ2n) is 4.84. The van der Waals surface area contributed by atoms with Crippen molar-refractivity contribution in [2.45, 2.75) is 18.2 Å². The monoisotopic (exact) mass is 333 g/mol. The summed E-state index contributed by atoms with van der Waals surface area (Å²) in [4.78, 5) is 10.1. The minimum absolute atomic E-state index is 0.100. The minimum atomic E-state index is -4.08. The van der Waals surface area contributed by atoms with Gasteiger partial charge in [-0.3, -0.25) is 10.1 Å². The van der Waals surface area contributed by atoms with E-state index in [-0.39, 0.29) is 21.9 Å². The third-order valence-electron chi connectivity index (χ3n) is 3.18. The Morgan fingerprint density at radius 3 is 2.57 bits per heavy atom. The van der Waals surface area contributed by atoms with Crippen molar-refractivity contribution >= 4 is 15.8 Å². The molecule has 0 aliphatic carbocycles. The topological polar surface area (TPSA) is 86.5 Å².